The number of aromatic amines is 1. The molecule has 1 fully saturated rings. The highest BCUT2D eigenvalue weighted by atomic mass is 16.2. The molecule has 5 nitrogen and oxygen atoms in total. The Bertz CT molecular complexity index is 430. The zero-order valence-corrected chi connectivity index (χ0v) is 11.3. The summed E-state index contributed by atoms with van der Waals surface area (Å²) in [5.74, 6) is 1.16. The minimum atomic E-state index is -0.164. The molecule has 0 saturated heterocycles. The molecular formula is C13H22N4O. The minimum absolute atomic E-state index is 0.164. The molecule has 5 heteroatoms. The van der Waals surface area contributed by atoms with Crippen LogP contribution >= 0.6 is 0 Å². The molecule has 0 radical (unpaired) electrons. The van der Waals surface area contributed by atoms with Crippen molar-refractivity contribution in [2.75, 3.05) is 5.73 Å². The van der Waals surface area contributed by atoms with Gasteiger partial charge in [0.1, 0.15) is 0 Å². The summed E-state index contributed by atoms with van der Waals surface area (Å²) >= 11 is 0. The first kappa shape index (κ1) is 12.9. The van der Waals surface area contributed by atoms with E-state index >= 15 is 0 Å². The monoisotopic (exact) mass is 250 g/mol. The van der Waals surface area contributed by atoms with Crippen LogP contribution in [0.4, 0.5) is 5.69 Å². The van der Waals surface area contributed by atoms with E-state index in [4.69, 9.17) is 5.73 Å². The van der Waals surface area contributed by atoms with Crippen LogP contribution in [0.15, 0.2) is 0 Å². The van der Waals surface area contributed by atoms with Gasteiger partial charge in [-0.2, -0.15) is 5.10 Å². The second kappa shape index (κ2) is 5.00. The van der Waals surface area contributed by atoms with E-state index in [-0.39, 0.29) is 11.9 Å². The van der Waals surface area contributed by atoms with Crippen LogP contribution in [0.2, 0.25) is 0 Å². The van der Waals surface area contributed by atoms with Crippen LogP contribution in [0, 0.1) is 18.8 Å². The second-order valence-electron chi connectivity index (χ2n) is 5.70. The number of aromatic nitrogens is 2. The lowest BCUT2D eigenvalue weighted by atomic mass is 9.80. The highest BCUT2D eigenvalue weighted by molar-refractivity contribution is 5.97. The lowest BCUT2D eigenvalue weighted by Gasteiger charge is -2.31. The van der Waals surface area contributed by atoms with Gasteiger partial charge in [0.2, 0.25) is 0 Å². The maximum Gasteiger partial charge on any atom is 0.274 e. The molecule has 1 heterocycles. The van der Waals surface area contributed by atoms with Crippen LogP contribution in [-0.4, -0.2) is 22.1 Å². The van der Waals surface area contributed by atoms with Crippen LogP contribution < -0.4 is 11.1 Å². The molecule has 2 rings (SSSR count). The van der Waals surface area contributed by atoms with E-state index in [1.807, 2.05) is 6.92 Å². The first-order chi connectivity index (χ1) is 8.47. The Morgan fingerprint density at radius 3 is 2.44 bits per heavy atom. The van der Waals surface area contributed by atoms with Crippen molar-refractivity contribution in [2.45, 2.75) is 46.1 Å². The largest absolute Gasteiger partial charge is 0.395 e. The number of nitrogens with zero attached hydrogens (tertiary/aromatic N) is 1. The molecule has 4 N–H and O–H groups in total. The van der Waals surface area contributed by atoms with Crippen LogP contribution in [0.1, 0.15) is 49.3 Å². The van der Waals surface area contributed by atoms with Crippen molar-refractivity contribution in [1.29, 1.82) is 0 Å². The normalized spacial score (nSPS) is 28.1. The van der Waals surface area contributed by atoms with Crippen LogP contribution in [0.5, 0.6) is 0 Å². The summed E-state index contributed by atoms with van der Waals surface area (Å²) in [5.41, 5.74) is 7.32. The highest BCUT2D eigenvalue weighted by Crippen LogP contribution is 2.28. The van der Waals surface area contributed by atoms with Gasteiger partial charge in [-0.15, -0.1) is 0 Å². The maximum absolute atomic E-state index is 12.1. The molecule has 0 spiro atoms. The summed E-state index contributed by atoms with van der Waals surface area (Å²) < 4.78 is 0. The van der Waals surface area contributed by atoms with Gasteiger partial charge in [0.15, 0.2) is 5.69 Å². The SMILES string of the molecule is Cc1[nH]nc(C(=O)NC2CC(C)CC(C)C2)c1N. The third kappa shape index (κ3) is 2.66. The van der Waals surface area contributed by atoms with Crippen molar-refractivity contribution in [1.82, 2.24) is 15.5 Å². The highest BCUT2D eigenvalue weighted by Gasteiger charge is 2.26. The fourth-order valence-electron chi connectivity index (χ4n) is 2.93. The quantitative estimate of drug-likeness (QED) is 0.749. The average molecular weight is 250 g/mol. The molecule has 100 valence electrons. The third-order valence-electron chi connectivity index (χ3n) is 3.72. The molecule has 1 aromatic heterocycles. The number of hydrogen-bond acceptors (Lipinski definition) is 3. The summed E-state index contributed by atoms with van der Waals surface area (Å²) in [6.45, 7) is 6.29. The summed E-state index contributed by atoms with van der Waals surface area (Å²) in [6.07, 6.45) is 3.33. The first-order valence-corrected chi connectivity index (χ1v) is 6.58. The Morgan fingerprint density at radius 1 is 1.33 bits per heavy atom. The van der Waals surface area contributed by atoms with Gasteiger partial charge in [0.25, 0.3) is 5.91 Å². The third-order valence-corrected chi connectivity index (χ3v) is 3.72. The number of nitrogens with one attached hydrogen (secondary N) is 2. The number of amides is 1. The summed E-state index contributed by atoms with van der Waals surface area (Å²) in [6, 6.07) is 0.243. The number of carbonyl (C=O) groups excluding carboxylic acids is 1. The molecule has 0 aliphatic heterocycles. The first-order valence-electron chi connectivity index (χ1n) is 6.58. The van der Waals surface area contributed by atoms with Crippen molar-refractivity contribution in [2.24, 2.45) is 11.8 Å². The number of nitrogen functional groups attached to an aromatic ring is 1. The molecular weight excluding hydrogens is 228 g/mol. The Hall–Kier alpha value is -1.52. The van der Waals surface area contributed by atoms with E-state index in [9.17, 15) is 4.79 Å². The molecule has 0 bridgehead atoms. The molecule has 1 amide bonds. The fraction of sp³-hybridized carbons (Fsp3) is 0.692. The minimum Gasteiger partial charge on any atom is -0.395 e. The number of anilines is 1. The van der Waals surface area contributed by atoms with Gasteiger partial charge in [0, 0.05) is 6.04 Å². The number of nitrogens with two attached hydrogens (primary N) is 1. The van der Waals surface area contributed by atoms with E-state index in [1.165, 1.54) is 6.42 Å². The number of rotatable bonds is 2. The summed E-state index contributed by atoms with van der Waals surface area (Å²) in [4.78, 5) is 12.1. The zero-order valence-electron chi connectivity index (χ0n) is 11.3. The van der Waals surface area contributed by atoms with Gasteiger partial charge in [-0.1, -0.05) is 13.8 Å². The van der Waals surface area contributed by atoms with Crippen molar-refractivity contribution < 1.29 is 4.79 Å². The van der Waals surface area contributed by atoms with Gasteiger partial charge in [0.05, 0.1) is 11.4 Å². The van der Waals surface area contributed by atoms with Gasteiger partial charge >= 0.3 is 0 Å². The van der Waals surface area contributed by atoms with Crippen molar-refractivity contribution in [3.05, 3.63) is 11.4 Å². The van der Waals surface area contributed by atoms with E-state index in [1.54, 1.807) is 0 Å². The predicted octanol–water partition coefficient (Wildman–Crippen LogP) is 1.85. The summed E-state index contributed by atoms with van der Waals surface area (Å²) in [5, 5.41) is 9.74. The summed E-state index contributed by atoms with van der Waals surface area (Å²) in [7, 11) is 0. The van der Waals surface area contributed by atoms with Crippen LogP contribution in [-0.2, 0) is 0 Å². The van der Waals surface area contributed by atoms with Gasteiger partial charge in [-0.25, -0.2) is 0 Å². The molecule has 2 unspecified atom stereocenters. The van der Waals surface area contributed by atoms with E-state index in [0.717, 1.165) is 18.5 Å². The van der Waals surface area contributed by atoms with Crippen molar-refractivity contribution in [3.8, 4) is 0 Å². The standard InChI is InChI=1S/C13H22N4O/c1-7-4-8(2)6-10(5-7)15-13(18)12-11(14)9(3)16-17-12/h7-8,10H,4-6,14H2,1-3H3,(H,15,18)(H,16,17). The number of aryl methyl sites for hydroxylation is 1. The Morgan fingerprint density at radius 2 is 1.94 bits per heavy atom. The molecule has 1 aromatic rings. The van der Waals surface area contributed by atoms with Gasteiger partial charge < -0.3 is 11.1 Å². The zero-order chi connectivity index (χ0) is 13.3. The molecule has 1 saturated carbocycles. The molecule has 18 heavy (non-hydrogen) atoms. The van der Waals surface area contributed by atoms with Gasteiger partial charge in [-0.05, 0) is 38.0 Å². The topological polar surface area (TPSA) is 83.8 Å². The fourth-order valence-corrected chi connectivity index (χ4v) is 2.93. The maximum atomic E-state index is 12.1. The molecule has 1 aliphatic carbocycles. The van der Waals surface area contributed by atoms with E-state index in [0.29, 0.717) is 23.2 Å². The Kier molecular flexibility index (Phi) is 3.59. The van der Waals surface area contributed by atoms with Crippen LogP contribution in [0.25, 0.3) is 0 Å². The average Bonchev–Trinajstić information content (AvgIpc) is 2.58. The Labute approximate surface area is 108 Å². The smallest absolute Gasteiger partial charge is 0.274 e. The molecule has 0 aromatic carbocycles. The van der Waals surface area contributed by atoms with Crippen LogP contribution in [0.3, 0.4) is 0 Å². The van der Waals surface area contributed by atoms with E-state index in [2.05, 4.69) is 29.4 Å². The molecule has 1 aliphatic rings. The van der Waals surface area contributed by atoms with E-state index < -0.39 is 0 Å². The lowest BCUT2D eigenvalue weighted by Crippen LogP contribution is -2.40. The van der Waals surface area contributed by atoms with Crippen molar-refractivity contribution >= 4 is 11.6 Å². The Balaban J connectivity index is 2.01. The van der Waals surface area contributed by atoms with Gasteiger partial charge in [-0.3, -0.25) is 9.89 Å². The van der Waals surface area contributed by atoms with Crippen molar-refractivity contribution in [3.63, 3.8) is 0 Å². The number of carbonyl (C=O) groups is 1. The number of hydrogen-bond donors (Lipinski definition) is 3. The predicted molar refractivity (Wildman–Crippen MR) is 71.2 cm³/mol. The molecule has 2 atom stereocenters. The second-order valence-corrected chi connectivity index (χ2v) is 5.70. The number of H-pyrrole nitrogens is 1. The lowest BCUT2D eigenvalue weighted by molar-refractivity contribution is 0.0907.